The number of aryl methyl sites for hydroxylation is 1. The molecule has 0 fully saturated rings. The second-order valence-electron chi connectivity index (χ2n) is 4.47. The van der Waals surface area contributed by atoms with Crippen molar-refractivity contribution in [2.75, 3.05) is 0 Å². The van der Waals surface area contributed by atoms with Crippen molar-refractivity contribution in [1.82, 2.24) is 9.97 Å². The third kappa shape index (κ3) is 1.85. The largest absolute Gasteiger partial charge is 0.504 e. The molecule has 0 saturated heterocycles. The van der Waals surface area contributed by atoms with Crippen LogP contribution in [0.1, 0.15) is 5.56 Å². The van der Waals surface area contributed by atoms with Crippen molar-refractivity contribution in [3.05, 3.63) is 35.9 Å². The van der Waals surface area contributed by atoms with E-state index in [2.05, 4.69) is 9.97 Å². The maximum atomic E-state index is 9.51. The molecular formula is C14H12N2O3. The van der Waals surface area contributed by atoms with Crippen LogP contribution in [-0.2, 0) is 0 Å². The van der Waals surface area contributed by atoms with Crippen molar-refractivity contribution in [1.29, 1.82) is 0 Å². The molecule has 4 N–H and O–H groups in total. The van der Waals surface area contributed by atoms with Gasteiger partial charge in [0.25, 0.3) is 0 Å². The van der Waals surface area contributed by atoms with Gasteiger partial charge < -0.3 is 20.3 Å². The number of rotatable bonds is 1. The second kappa shape index (κ2) is 3.91. The number of benzene rings is 2. The fraction of sp³-hybridized carbons (Fsp3) is 0.0714. The Morgan fingerprint density at radius 1 is 1.00 bits per heavy atom. The number of imidazole rings is 1. The Balaban J connectivity index is 2.19. The molecular weight excluding hydrogens is 244 g/mol. The number of nitrogens with one attached hydrogen (secondary N) is 1. The quantitative estimate of drug-likeness (QED) is 0.504. The Morgan fingerprint density at radius 2 is 1.68 bits per heavy atom. The zero-order chi connectivity index (χ0) is 13.6. The number of hydrogen-bond donors (Lipinski definition) is 4. The van der Waals surface area contributed by atoms with Crippen LogP contribution in [0.4, 0.5) is 0 Å². The Labute approximate surface area is 108 Å². The number of aromatic hydroxyl groups is 3. The van der Waals surface area contributed by atoms with E-state index in [1.54, 1.807) is 0 Å². The molecule has 96 valence electrons. The van der Waals surface area contributed by atoms with Gasteiger partial charge in [0.1, 0.15) is 5.82 Å². The average molecular weight is 256 g/mol. The van der Waals surface area contributed by atoms with E-state index in [1.165, 1.54) is 12.1 Å². The standard InChI is InChI=1S/C14H12N2O3/c1-7-2-3-9-10(4-7)16-14(15-9)8-5-11(17)13(19)12(18)6-8/h2-6,17-19H,1H3,(H,15,16). The first kappa shape index (κ1) is 11.4. The van der Waals surface area contributed by atoms with Gasteiger partial charge in [-0.25, -0.2) is 4.98 Å². The van der Waals surface area contributed by atoms with Gasteiger partial charge in [-0.1, -0.05) is 6.07 Å². The van der Waals surface area contributed by atoms with E-state index < -0.39 is 5.75 Å². The van der Waals surface area contributed by atoms with Gasteiger partial charge in [0.05, 0.1) is 11.0 Å². The molecule has 5 heteroatoms. The van der Waals surface area contributed by atoms with Crippen molar-refractivity contribution in [3.63, 3.8) is 0 Å². The molecule has 1 aromatic heterocycles. The molecule has 0 bridgehead atoms. The van der Waals surface area contributed by atoms with Crippen molar-refractivity contribution in [2.45, 2.75) is 6.92 Å². The van der Waals surface area contributed by atoms with E-state index in [0.29, 0.717) is 11.4 Å². The fourth-order valence-electron chi connectivity index (χ4n) is 2.00. The van der Waals surface area contributed by atoms with Crippen molar-refractivity contribution < 1.29 is 15.3 Å². The van der Waals surface area contributed by atoms with Crippen molar-refractivity contribution >= 4 is 11.0 Å². The molecule has 0 radical (unpaired) electrons. The van der Waals surface area contributed by atoms with Gasteiger partial charge in [-0.2, -0.15) is 0 Å². The Kier molecular flexibility index (Phi) is 2.35. The molecule has 2 aromatic carbocycles. The van der Waals surface area contributed by atoms with E-state index in [1.807, 2.05) is 25.1 Å². The molecule has 0 aliphatic rings. The summed E-state index contributed by atoms with van der Waals surface area (Å²) in [7, 11) is 0. The first-order valence-corrected chi connectivity index (χ1v) is 5.76. The van der Waals surface area contributed by atoms with Crippen LogP contribution in [0.5, 0.6) is 17.2 Å². The molecule has 1 heterocycles. The Bertz CT molecular complexity index is 754. The SMILES string of the molecule is Cc1ccc2nc(-c3cc(O)c(O)c(O)c3)[nH]c2c1. The van der Waals surface area contributed by atoms with Crippen LogP contribution < -0.4 is 0 Å². The zero-order valence-corrected chi connectivity index (χ0v) is 10.2. The lowest BCUT2D eigenvalue weighted by Crippen LogP contribution is -1.81. The lowest BCUT2D eigenvalue weighted by atomic mass is 10.2. The maximum Gasteiger partial charge on any atom is 0.200 e. The minimum atomic E-state index is -0.532. The van der Waals surface area contributed by atoms with E-state index >= 15 is 0 Å². The molecule has 0 aliphatic heterocycles. The highest BCUT2D eigenvalue weighted by Crippen LogP contribution is 2.38. The zero-order valence-electron chi connectivity index (χ0n) is 10.2. The van der Waals surface area contributed by atoms with Gasteiger partial charge in [-0.15, -0.1) is 0 Å². The number of phenolic OH excluding ortho intramolecular Hbond substituents is 3. The van der Waals surface area contributed by atoms with Crippen LogP contribution >= 0.6 is 0 Å². The molecule has 3 rings (SSSR count). The third-order valence-electron chi connectivity index (χ3n) is 2.98. The topological polar surface area (TPSA) is 89.4 Å². The number of hydrogen-bond acceptors (Lipinski definition) is 4. The second-order valence-corrected chi connectivity index (χ2v) is 4.47. The van der Waals surface area contributed by atoms with E-state index in [-0.39, 0.29) is 11.5 Å². The van der Waals surface area contributed by atoms with Gasteiger partial charge in [0.15, 0.2) is 17.2 Å². The first-order chi connectivity index (χ1) is 9.04. The summed E-state index contributed by atoms with van der Waals surface area (Å²) in [5, 5.41) is 28.3. The van der Waals surface area contributed by atoms with Gasteiger partial charge >= 0.3 is 0 Å². The lowest BCUT2D eigenvalue weighted by Gasteiger charge is -2.03. The summed E-state index contributed by atoms with van der Waals surface area (Å²) >= 11 is 0. The third-order valence-corrected chi connectivity index (χ3v) is 2.98. The number of aromatic nitrogens is 2. The molecule has 5 nitrogen and oxygen atoms in total. The predicted octanol–water partition coefficient (Wildman–Crippen LogP) is 2.66. The first-order valence-electron chi connectivity index (χ1n) is 5.76. The van der Waals surface area contributed by atoms with Gasteiger partial charge in [0.2, 0.25) is 0 Å². The molecule has 0 atom stereocenters. The number of phenols is 3. The summed E-state index contributed by atoms with van der Waals surface area (Å²) < 4.78 is 0. The highest BCUT2D eigenvalue weighted by Gasteiger charge is 2.12. The van der Waals surface area contributed by atoms with Crippen molar-refractivity contribution in [2.24, 2.45) is 0 Å². The van der Waals surface area contributed by atoms with Gasteiger partial charge in [0, 0.05) is 5.56 Å². The average Bonchev–Trinajstić information content (AvgIpc) is 2.78. The number of H-pyrrole nitrogens is 1. The number of nitrogens with zero attached hydrogens (tertiary/aromatic N) is 1. The van der Waals surface area contributed by atoms with Crippen LogP contribution in [0, 0.1) is 6.92 Å². The summed E-state index contributed by atoms with van der Waals surface area (Å²) in [6.45, 7) is 1.98. The number of fused-ring (bicyclic) bond motifs is 1. The lowest BCUT2D eigenvalue weighted by molar-refractivity contribution is 0.368. The molecule has 0 aliphatic carbocycles. The summed E-state index contributed by atoms with van der Waals surface area (Å²) in [6.07, 6.45) is 0. The monoisotopic (exact) mass is 256 g/mol. The molecule has 19 heavy (non-hydrogen) atoms. The molecule has 0 saturated carbocycles. The minimum Gasteiger partial charge on any atom is -0.504 e. The fourth-order valence-corrected chi connectivity index (χ4v) is 2.00. The smallest absolute Gasteiger partial charge is 0.200 e. The minimum absolute atomic E-state index is 0.383. The Hall–Kier alpha value is -2.69. The van der Waals surface area contributed by atoms with E-state index in [4.69, 9.17) is 0 Å². The predicted molar refractivity (Wildman–Crippen MR) is 71.3 cm³/mol. The van der Waals surface area contributed by atoms with Crippen LogP contribution in [0.2, 0.25) is 0 Å². The number of aromatic amines is 1. The summed E-state index contributed by atoms with van der Waals surface area (Å²) in [5.74, 6) is -0.778. The molecule has 3 aromatic rings. The van der Waals surface area contributed by atoms with Gasteiger partial charge in [-0.05, 0) is 36.8 Å². The van der Waals surface area contributed by atoms with Crippen LogP contribution in [0.15, 0.2) is 30.3 Å². The highest BCUT2D eigenvalue weighted by molar-refractivity contribution is 5.80. The van der Waals surface area contributed by atoms with E-state index in [0.717, 1.165) is 16.6 Å². The molecule has 0 amide bonds. The highest BCUT2D eigenvalue weighted by atomic mass is 16.3. The van der Waals surface area contributed by atoms with Crippen LogP contribution in [0.25, 0.3) is 22.4 Å². The summed E-state index contributed by atoms with van der Waals surface area (Å²) in [5.41, 5.74) is 3.29. The normalized spacial score (nSPS) is 11.0. The van der Waals surface area contributed by atoms with Crippen LogP contribution in [0.3, 0.4) is 0 Å². The van der Waals surface area contributed by atoms with Crippen molar-refractivity contribution in [3.8, 4) is 28.6 Å². The summed E-state index contributed by atoms with van der Waals surface area (Å²) in [4.78, 5) is 7.49. The van der Waals surface area contributed by atoms with Crippen LogP contribution in [-0.4, -0.2) is 25.3 Å². The Morgan fingerprint density at radius 3 is 2.37 bits per heavy atom. The maximum absolute atomic E-state index is 9.51. The molecule has 0 spiro atoms. The van der Waals surface area contributed by atoms with E-state index in [9.17, 15) is 15.3 Å². The molecule has 0 unspecified atom stereocenters. The van der Waals surface area contributed by atoms with Gasteiger partial charge in [-0.3, -0.25) is 0 Å². The summed E-state index contributed by atoms with van der Waals surface area (Å²) in [6, 6.07) is 8.51.